The fourth-order valence-corrected chi connectivity index (χ4v) is 9.08. The molecule has 7 heteroatoms. The number of aryl methyl sites for hydroxylation is 1. The van der Waals surface area contributed by atoms with Gasteiger partial charge in [0, 0.05) is 59.5 Å². The molecule has 8 rings (SSSR count). The number of nitrogens with zero attached hydrogens (tertiary/aromatic N) is 4. The Balaban J connectivity index is 0.000000212. The summed E-state index contributed by atoms with van der Waals surface area (Å²) in [6, 6.07) is 28.1. The topological polar surface area (TPSA) is 80.1 Å². The van der Waals surface area contributed by atoms with Gasteiger partial charge in [-0.3, -0.25) is 19.3 Å². The molecule has 0 fully saturated rings. The minimum atomic E-state index is -0.0997. The van der Waals surface area contributed by atoms with Crippen molar-refractivity contribution < 1.29 is 9.59 Å². The van der Waals surface area contributed by atoms with E-state index in [4.69, 9.17) is 5.10 Å². The van der Waals surface area contributed by atoms with Gasteiger partial charge < -0.3 is 10.2 Å². The lowest BCUT2D eigenvalue weighted by molar-refractivity contribution is 0.0561. The normalized spacial score (nSPS) is 14.1. The van der Waals surface area contributed by atoms with Gasteiger partial charge in [0.1, 0.15) is 0 Å². The fraction of sp³-hybridized carbons (Fsp3) is 0.559. The van der Waals surface area contributed by atoms with Crippen molar-refractivity contribution >= 4 is 33.5 Å². The number of amides is 2. The van der Waals surface area contributed by atoms with E-state index in [1.807, 2.05) is 41.0 Å². The number of nitrogens with one attached hydrogen (secondary N) is 1. The highest BCUT2D eigenvalue weighted by Crippen LogP contribution is 2.33. The van der Waals surface area contributed by atoms with Crippen molar-refractivity contribution in [1.29, 1.82) is 0 Å². The fourth-order valence-electron chi connectivity index (χ4n) is 9.08. The van der Waals surface area contributed by atoms with Crippen LogP contribution in [0.5, 0.6) is 0 Å². The van der Waals surface area contributed by atoms with E-state index in [2.05, 4.69) is 237 Å². The second-order valence-electron chi connectivity index (χ2n) is 29.5. The quantitative estimate of drug-likeness (QED) is 0.187. The lowest BCUT2D eigenvalue weighted by Crippen LogP contribution is -2.49. The molecule has 0 aliphatic carbocycles. The smallest absolute Gasteiger partial charge is 0.254 e. The van der Waals surface area contributed by atoms with Gasteiger partial charge >= 0.3 is 0 Å². The second kappa shape index (κ2) is 23.5. The summed E-state index contributed by atoms with van der Waals surface area (Å²) in [6.07, 6.45) is 4.93. The van der Waals surface area contributed by atoms with E-state index in [-0.39, 0.29) is 49.8 Å². The highest BCUT2D eigenvalue weighted by Gasteiger charge is 2.33. The SMILES string of the molecule is CC(C)(C)Cc1nccc2cc(C(C)(C)C)ccc12.CC(C)(C)c1ccc2c(c1)CCN(C(C)(C)C)C2=O.CC(C)(C)c1ccc2c(c1)CNC2=O.CC(C)C.Cn1nc(CC(C)(C)C)c2ccc(C(C)(C)C)cc21. The molecule has 6 aromatic rings. The van der Waals surface area contributed by atoms with E-state index in [1.165, 1.54) is 60.9 Å². The van der Waals surface area contributed by atoms with E-state index in [9.17, 15) is 9.59 Å². The van der Waals surface area contributed by atoms with Gasteiger partial charge in [0.15, 0.2) is 0 Å². The molecule has 0 saturated carbocycles. The molecular formula is C68H101N5O2. The van der Waals surface area contributed by atoms with Crippen LogP contribution in [0, 0.1) is 16.7 Å². The van der Waals surface area contributed by atoms with Gasteiger partial charge in [-0.05, 0) is 141 Å². The van der Waals surface area contributed by atoms with Crippen molar-refractivity contribution in [2.24, 2.45) is 23.8 Å². The Kier molecular flexibility index (Phi) is 19.5. The van der Waals surface area contributed by atoms with Crippen molar-refractivity contribution in [3.05, 3.63) is 141 Å². The van der Waals surface area contributed by atoms with Crippen LogP contribution < -0.4 is 5.32 Å². The summed E-state index contributed by atoms with van der Waals surface area (Å²) in [4.78, 5) is 30.4. The minimum absolute atomic E-state index is 0.0560. The Morgan fingerprint density at radius 2 is 0.973 bits per heavy atom. The van der Waals surface area contributed by atoms with Crippen molar-refractivity contribution in [3.8, 4) is 0 Å². The van der Waals surface area contributed by atoms with Gasteiger partial charge in [-0.15, -0.1) is 0 Å². The van der Waals surface area contributed by atoms with E-state index < -0.39 is 0 Å². The molecule has 7 nitrogen and oxygen atoms in total. The molecule has 0 saturated heterocycles. The highest BCUT2D eigenvalue weighted by molar-refractivity contribution is 5.98. The zero-order valence-electron chi connectivity index (χ0n) is 51.8. The Labute approximate surface area is 456 Å². The number of carbonyl (C=O) groups is 2. The molecule has 1 N–H and O–H groups in total. The molecule has 4 aromatic carbocycles. The Morgan fingerprint density at radius 3 is 1.47 bits per heavy atom. The Morgan fingerprint density at radius 1 is 0.533 bits per heavy atom. The predicted octanol–water partition coefficient (Wildman–Crippen LogP) is 17.3. The van der Waals surface area contributed by atoms with Crippen LogP contribution in [0.4, 0.5) is 0 Å². The number of hydrogen-bond acceptors (Lipinski definition) is 4. The number of carbonyl (C=O) groups excluding carboxylic acids is 2. The Bertz CT molecular complexity index is 2900. The molecule has 4 heterocycles. The number of rotatable bonds is 2. The third-order valence-electron chi connectivity index (χ3n) is 13.4. The van der Waals surface area contributed by atoms with Crippen molar-refractivity contribution in [2.45, 2.75) is 219 Å². The first-order valence-corrected chi connectivity index (χ1v) is 27.8. The first-order chi connectivity index (χ1) is 34.1. The van der Waals surface area contributed by atoms with Crippen LogP contribution in [0.2, 0.25) is 0 Å². The largest absolute Gasteiger partial charge is 0.348 e. The average molecular weight is 1020 g/mol. The van der Waals surface area contributed by atoms with Crippen molar-refractivity contribution in [1.82, 2.24) is 25.0 Å². The van der Waals surface area contributed by atoms with E-state index >= 15 is 0 Å². The number of benzene rings is 4. The molecule has 0 radical (unpaired) electrons. The van der Waals surface area contributed by atoms with Crippen LogP contribution in [0.1, 0.15) is 232 Å². The summed E-state index contributed by atoms with van der Waals surface area (Å²) >= 11 is 0. The molecule has 0 atom stereocenters. The molecule has 0 spiro atoms. The van der Waals surface area contributed by atoms with Gasteiger partial charge in [0.05, 0.1) is 11.2 Å². The van der Waals surface area contributed by atoms with Crippen molar-refractivity contribution in [3.63, 3.8) is 0 Å². The Hall–Kier alpha value is -5.30. The summed E-state index contributed by atoms with van der Waals surface area (Å²) in [5.41, 5.74) is 14.2. The number of hydrogen-bond donors (Lipinski definition) is 1. The summed E-state index contributed by atoms with van der Waals surface area (Å²) in [6.45, 7) is 54.5. The predicted molar refractivity (Wildman–Crippen MR) is 323 cm³/mol. The standard InChI is InChI=1S/C18H25N.C17H26N2.C17H25NO.C12H15NO.C4H10/c1-17(2,3)12-16-15-8-7-14(18(4,5)6)11-13(15)9-10-19-16;1-16(2,3)11-14-13-9-8-12(17(4,5)6)10-15(13)19(7)18-14;1-16(2,3)13-7-8-14-12(11-13)9-10-18(15(14)19)17(4,5)6;1-12(2,3)9-4-5-10-8(6-9)7-13-11(10)14;1-4(2)3/h7-11H,12H2,1-6H3;8-10H,11H2,1-7H3;7-8,11H,9-10H2,1-6H3;4-6H,7H2,1-3H3,(H,13,14);4H,1-3H3. The van der Waals surface area contributed by atoms with E-state index in [1.54, 1.807) is 0 Å². The third-order valence-corrected chi connectivity index (χ3v) is 13.4. The first-order valence-electron chi connectivity index (χ1n) is 27.8. The maximum atomic E-state index is 12.6. The third kappa shape index (κ3) is 17.9. The maximum absolute atomic E-state index is 12.6. The molecule has 0 unspecified atom stereocenters. The molecule has 2 amide bonds. The lowest BCUT2D eigenvalue weighted by Gasteiger charge is -2.39. The maximum Gasteiger partial charge on any atom is 0.254 e. The van der Waals surface area contributed by atoms with Crippen LogP contribution in [-0.4, -0.2) is 43.6 Å². The van der Waals surface area contributed by atoms with Crippen LogP contribution in [0.25, 0.3) is 21.7 Å². The van der Waals surface area contributed by atoms with Crippen LogP contribution in [0.3, 0.4) is 0 Å². The summed E-state index contributed by atoms with van der Waals surface area (Å²) in [5, 5.41) is 11.4. The molecule has 2 aliphatic heterocycles. The van der Waals surface area contributed by atoms with Crippen LogP contribution in [0.15, 0.2) is 85.1 Å². The molecule has 410 valence electrons. The van der Waals surface area contributed by atoms with Gasteiger partial charge in [-0.1, -0.05) is 200 Å². The monoisotopic (exact) mass is 1020 g/mol. The summed E-state index contributed by atoms with van der Waals surface area (Å²) in [7, 11) is 2.04. The average Bonchev–Trinajstić information content (AvgIpc) is 3.78. The van der Waals surface area contributed by atoms with Gasteiger partial charge in [0.2, 0.25) is 0 Å². The number of pyridine rings is 1. The summed E-state index contributed by atoms with van der Waals surface area (Å²) < 4.78 is 2.02. The van der Waals surface area contributed by atoms with Crippen LogP contribution in [-0.2, 0) is 54.5 Å². The minimum Gasteiger partial charge on any atom is -0.348 e. The first kappa shape index (κ1) is 62.2. The molecular weight excluding hydrogens is 919 g/mol. The highest BCUT2D eigenvalue weighted by atomic mass is 16.2. The van der Waals surface area contributed by atoms with E-state index in [0.29, 0.717) is 6.54 Å². The van der Waals surface area contributed by atoms with Gasteiger partial charge in [-0.25, -0.2) is 0 Å². The molecule has 2 aromatic heterocycles. The van der Waals surface area contributed by atoms with Crippen LogP contribution >= 0.6 is 0 Å². The second-order valence-corrected chi connectivity index (χ2v) is 29.5. The zero-order valence-corrected chi connectivity index (χ0v) is 51.8. The van der Waals surface area contributed by atoms with Gasteiger partial charge in [-0.2, -0.15) is 5.10 Å². The molecule has 75 heavy (non-hydrogen) atoms. The lowest BCUT2D eigenvalue weighted by atomic mass is 9.83. The summed E-state index contributed by atoms with van der Waals surface area (Å²) in [5.74, 6) is 1.06. The van der Waals surface area contributed by atoms with Crippen molar-refractivity contribution in [2.75, 3.05) is 6.54 Å². The number of aromatic nitrogens is 3. The van der Waals surface area contributed by atoms with E-state index in [0.717, 1.165) is 48.4 Å². The molecule has 2 aliphatic rings. The molecule has 0 bridgehead atoms. The zero-order chi connectivity index (χ0) is 57.0. The van der Waals surface area contributed by atoms with Gasteiger partial charge in [0.25, 0.3) is 11.8 Å². The number of fused-ring (bicyclic) bond motifs is 4.